The van der Waals surface area contributed by atoms with Gasteiger partial charge in [0.25, 0.3) is 0 Å². The summed E-state index contributed by atoms with van der Waals surface area (Å²) in [7, 11) is 0. The summed E-state index contributed by atoms with van der Waals surface area (Å²) in [6, 6.07) is 0. The van der Waals surface area contributed by atoms with E-state index in [9.17, 15) is 26.7 Å². The van der Waals surface area contributed by atoms with Crippen molar-refractivity contribution in [3.05, 3.63) is 24.3 Å². The second kappa shape index (κ2) is 3.52. The molecular weight excluding hydrogens is 223 g/mol. The van der Waals surface area contributed by atoms with Crippen LogP contribution in [0.3, 0.4) is 0 Å². The number of Topliss-reactive ketones (excluding diaryl/α,β-unsaturated/α-hetero) is 1. The van der Waals surface area contributed by atoms with Crippen molar-refractivity contribution in [2.45, 2.75) is 12.1 Å². The van der Waals surface area contributed by atoms with E-state index in [-0.39, 0.29) is 0 Å². The number of carbonyl (C=O) groups is 1. The van der Waals surface area contributed by atoms with Crippen molar-refractivity contribution in [1.82, 2.24) is 9.97 Å². The van der Waals surface area contributed by atoms with E-state index in [2.05, 4.69) is 9.97 Å². The quantitative estimate of drug-likeness (QED) is 0.571. The lowest BCUT2D eigenvalue weighted by Gasteiger charge is -2.17. The van der Waals surface area contributed by atoms with E-state index in [1.807, 2.05) is 0 Å². The minimum Gasteiger partial charge on any atom is -0.287 e. The minimum atomic E-state index is -5.92. The summed E-state index contributed by atoms with van der Waals surface area (Å²) in [6.45, 7) is 0. The molecule has 0 spiro atoms. The average Bonchev–Trinajstić information content (AvgIpc) is 2.16. The number of hydrogen-bond acceptors (Lipinski definition) is 3. The zero-order valence-electron chi connectivity index (χ0n) is 6.92. The van der Waals surface area contributed by atoms with E-state index in [1.165, 1.54) is 0 Å². The number of ketones is 1. The van der Waals surface area contributed by atoms with Crippen LogP contribution >= 0.6 is 0 Å². The highest BCUT2D eigenvalue weighted by atomic mass is 19.4. The molecule has 1 rings (SSSR count). The summed E-state index contributed by atoms with van der Waals surface area (Å²) in [5.41, 5.74) is -0.889. The third-order valence-corrected chi connectivity index (χ3v) is 1.46. The third-order valence-electron chi connectivity index (χ3n) is 1.46. The molecule has 3 nitrogen and oxygen atoms in total. The van der Waals surface area contributed by atoms with Crippen molar-refractivity contribution < 1.29 is 26.7 Å². The molecule has 0 aliphatic rings. The smallest absolute Gasteiger partial charge is 0.287 e. The molecular formula is C7H3F5N2O. The Morgan fingerprint density at radius 3 is 1.93 bits per heavy atom. The van der Waals surface area contributed by atoms with Crippen LogP contribution in [0.15, 0.2) is 18.7 Å². The van der Waals surface area contributed by atoms with Crippen molar-refractivity contribution in [3.63, 3.8) is 0 Å². The molecule has 0 aliphatic heterocycles. The normalized spacial score (nSPS) is 12.6. The maximum atomic E-state index is 12.5. The molecule has 0 unspecified atom stereocenters. The van der Waals surface area contributed by atoms with Gasteiger partial charge in [-0.05, 0) is 0 Å². The molecule has 0 bridgehead atoms. The lowest BCUT2D eigenvalue weighted by molar-refractivity contribution is -0.255. The van der Waals surface area contributed by atoms with Gasteiger partial charge < -0.3 is 0 Å². The van der Waals surface area contributed by atoms with Crippen LogP contribution in [0.2, 0.25) is 0 Å². The van der Waals surface area contributed by atoms with Gasteiger partial charge in [0.15, 0.2) is 0 Å². The molecule has 0 amide bonds. The highest BCUT2D eigenvalue weighted by Crippen LogP contribution is 2.37. The summed E-state index contributed by atoms with van der Waals surface area (Å²) in [6.07, 6.45) is -3.83. The Morgan fingerprint density at radius 1 is 1.07 bits per heavy atom. The molecule has 8 heteroatoms. The van der Waals surface area contributed by atoms with Crippen LogP contribution in [0.4, 0.5) is 22.0 Å². The topological polar surface area (TPSA) is 42.9 Å². The van der Waals surface area contributed by atoms with Crippen LogP contribution in [0, 0.1) is 0 Å². The maximum Gasteiger partial charge on any atom is 0.461 e. The summed E-state index contributed by atoms with van der Waals surface area (Å²) < 4.78 is 60.2. The fourth-order valence-corrected chi connectivity index (χ4v) is 0.726. The molecule has 82 valence electrons. The Labute approximate surface area is 80.0 Å². The number of aromatic nitrogens is 2. The summed E-state index contributed by atoms with van der Waals surface area (Å²) >= 11 is 0. The zero-order chi connectivity index (χ0) is 11.7. The second-order valence-electron chi connectivity index (χ2n) is 2.53. The number of nitrogens with zero attached hydrogens (tertiary/aromatic N) is 2. The van der Waals surface area contributed by atoms with Crippen LogP contribution < -0.4 is 0 Å². The number of halogens is 5. The lowest BCUT2D eigenvalue weighted by atomic mass is 10.1. The predicted octanol–water partition coefficient (Wildman–Crippen LogP) is 1.86. The first-order valence-electron chi connectivity index (χ1n) is 3.51. The van der Waals surface area contributed by atoms with Crippen molar-refractivity contribution in [3.8, 4) is 0 Å². The molecule has 0 aromatic carbocycles. The highest BCUT2D eigenvalue weighted by Gasteiger charge is 2.63. The van der Waals surface area contributed by atoms with Gasteiger partial charge in [-0.1, -0.05) is 0 Å². The Morgan fingerprint density at radius 2 is 1.53 bits per heavy atom. The molecule has 0 N–H and O–H groups in total. The molecule has 0 fully saturated rings. The second-order valence-corrected chi connectivity index (χ2v) is 2.53. The Kier molecular flexibility index (Phi) is 2.69. The SMILES string of the molecule is O=C(c1cncnc1)C(F)(F)C(F)(F)F. The number of carbonyl (C=O) groups excluding carboxylic acids is 1. The molecule has 0 atom stereocenters. The van der Waals surface area contributed by atoms with Crippen molar-refractivity contribution >= 4 is 5.78 Å². The van der Waals surface area contributed by atoms with Gasteiger partial charge in [0.2, 0.25) is 5.78 Å². The Hall–Kier alpha value is -1.60. The van der Waals surface area contributed by atoms with E-state index >= 15 is 0 Å². The van der Waals surface area contributed by atoms with Gasteiger partial charge in [-0.3, -0.25) is 4.79 Å². The number of hydrogen-bond donors (Lipinski definition) is 0. The van der Waals surface area contributed by atoms with E-state index in [1.54, 1.807) is 0 Å². The Balaban J connectivity index is 3.06. The molecule has 1 aromatic rings. The van der Waals surface area contributed by atoms with Crippen molar-refractivity contribution in [2.75, 3.05) is 0 Å². The van der Waals surface area contributed by atoms with E-state index < -0.39 is 23.4 Å². The number of alkyl halides is 5. The van der Waals surface area contributed by atoms with E-state index in [0.717, 1.165) is 6.33 Å². The Bertz CT molecular complexity index is 361. The average molecular weight is 226 g/mol. The van der Waals surface area contributed by atoms with Gasteiger partial charge in [0.1, 0.15) is 6.33 Å². The lowest BCUT2D eigenvalue weighted by Crippen LogP contribution is -2.44. The van der Waals surface area contributed by atoms with Gasteiger partial charge in [-0.2, -0.15) is 22.0 Å². The fraction of sp³-hybridized carbons (Fsp3) is 0.286. The van der Waals surface area contributed by atoms with Gasteiger partial charge in [-0.25, -0.2) is 9.97 Å². The van der Waals surface area contributed by atoms with Gasteiger partial charge in [0.05, 0.1) is 5.56 Å². The monoisotopic (exact) mass is 226 g/mol. The summed E-state index contributed by atoms with van der Waals surface area (Å²) in [5, 5.41) is 0. The van der Waals surface area contributed by atoms with Crippen LogP contribution in [0.5, 0.6) is 0 Å². The summed E-state index contributed by atoms with van der Waals surface area (Å²) in [5.74, 6) is -7.78. The summed E-state index contributed by atoms with van der Waals surface area (Å²) in [4.78, 5) is 17.1. The van der Waals surface area contributed by atoms with E-state index in [0.29, 0.717) is 12.4 Å². The molecule has 1 heterocycles. The fourth-order valence-electron chi connectivity index (χ4n) is 0.726. The predicted molar refractivity (Wildman–Crippen MR) is 37.4 cm³/mol. The van der Waals surface area contributed by atoms with Crippen molar-refractivity contribution in [2.24, 2.45) is 0 Å². The van der Waals surface area contributed by atoms with E-state index in [4.69, 9.17) is 0 Å². The third kappa shape index (κ3) is 2.08. The molecule has 0 aliphatic carbocycles. The first kappa shape index (κ1) is 11.5. The molecule has 1 aromatic heterocycles. The van der Waals surface area contributed by atoms with Gasteiger partial charge >= 0.3 is 12.1 Å². The minimum absolute atomic E-state index is 0.592. The molecule has 0 saturated heterocycles. The van der Waals surface area contributed by atoms with Crippen LogP contribution in [-0.4, -0.2) is 27.9 Å². The number of rotatable bonds is 2. The molecule has 0 radical (unpaired) electrons. The van der Waals surface area contributed by atoms with Crippen LogP contribution in [0.1, 0.15) is 10.4 Å². The van der Waals surface area contributed by atoms with Gasteiger partial charge in [-0.15, -0.1) is 0 Å². The molecule has 0 saturated carbocycles. The standard InChI is InChI=1S/C7H3F5N2O/c8-6(9,7(10,11)12)5(15)4-1-13-3-14-2-4/h1-3H. The maximum absolute atomic E-state index is 12.5. The van der Waals surface area contributed by atoms with Crippen LogP contribution in [-0.2, 0) is 0 Å². The molecule has 15 heavy (non-hydrogen) atoms. The van der Waals surface area contributed by atoms with Gasteiger partial charge in [0, 0.05) is 12.4 Å². The van der Waals surface area contributed by atoms with Crippen LogP contribution in [0.25, 0.3) is 0 Å². The highest BCUT2D eigenvalue weighted by molar-refractivity contribution is 6.01. The zero-order valence-corrected chi connectivity index (χ0v) is 6.92. The first-order valence-corrected chi connectivity index (χ1v) is 3.51. The largest absolute Gasteiger partial charge is 0.461 e. The van der Waals surface area contributed by atoms with Crippen molar-refractivity contribution in [1.29, 1.82) is 0 Å². The first-order chi connectivity index (χ1) is 6.77.